The van der Waals surface area contributed by atoms with E-state index in [0.29, 0.717) is 6.42 Å². The van der Waals surface area contributed by atoms with Gasteiger partial charge >= 0.3 is 0 Å². The maximum absolute atomic E-state index is 9.87. The lowest BCUT2D eigenvalue weighted by Gasteiger charge is -2.39. The predicted molar refractivity (Wildman–Crippen MR) is 73.9 cm³/mol. The Kier molecular flexibility index (Phi) is 5.28. The maximum Gasteiger partial charge on any atom is 0.111 e. The van der Waals surface area contributed by atoms with Crippen LogP contribution in [0.4, 0.5) is 0 Å². The van der Waals surface area contributed by atoms with Crippen molar-refractivity contribution in [1.82, 2.24) is 0 Å². The summed E-state index contributed by atoms with van der Waals surface area (Å²) in [6.45, 7) is -0.399. The molecule has 0 unspecified atom stereocenters. The molecule has 0 aromatic heterocycles. The van der Waals surface area contributed by atoms with Crippen LogP contribution in [0.2, 0.25) is 0 Å². The summed E-state index contributed by atoms with van der Waals surface area (Å²) >= 11 is 0. The first-order valence-electron chi connectivity index (χ1n) is 6.65. The summed E-state index contributed by atoms with van der Waals surface area (Å²) in [6, 6.07) is 9.67. The summed E-state index contributed by atoms with van der Waals surface area (Å²) in [5, 5.41) is 38.3. The van der Waals surface area contributed by atoms with Gasteiger partial charge in [-0.05, 0) is 12.0 Å². The van der Waals surface area contributed by atoms with E-state index in [1.54, 1.807) is 0 Å². The van der Waals surface area contributed by atoms with Crippen molar-refractivity contribution < 1.29 is 25.2 Å². The lowest BCUT2D eigenvalue weighted by Crippen LogP contribution is -2.58. The van der Waals surface area contributed by atoms with Crippen LogP contribution in [0.5, 0.6) is 0 Å². The Bertz CT molecular complexity index is 431. The molecule has 1 aliphatic heterocycles. The van der Waals surface area contributed by atoms with Gasteiger partial charge in [0.15, 0.2) is 0 Å². The molecule has 5 atom stereocenters. The fourth-order valence-electron chi connectivity index (χ4n) is 2.28. The predicted octanol–water partition coefficient (Wildman–Crippen LogP) is -0.0677. The van der Waals surface area contributed by atoms with E-state index in [-0.39, 0.29) is 0 Å². The van der Waals surface area contributed by atoms with Crippen LogP contribution in [0.15, 0.2) is 36.4 Å². The van der Waals surface area contributed by atoms with E-state index in [1.807, 2.05) is 42.5 Å². The highest BCUT2D eigenvalue weighted by Crippen LogP contribution is 2.23. The minimum Gasteiger partial charge on any atom is -0.394 e. The van der Waals surface area contributed by atoms with Crippen molar-refractivity contribution in [1.29, 1.82) is 0 Å². The molecule has 1 aliphatic rings. The highest BCUT2D eigenvalue weighted by atomic mass is 16.5. The van der Waals surface area contributed by atoms with E-state index >= 15 is 0 Å². The summed E-state index contributed by atoms with van der Waals surface area (Å²) in [4.78, 5) is 0. The molecule has 0 saturated carbocycles. The SMILES string of the molecule is OC[C@H]1O[C@@H](C/C=C/c2ccccc2)[C@H](O)[C@@H](O)[C@H]1O. The third-order valence-electron chi connectivity index (χ3n) is 3.47. The molecular weight excluding hydrogens is 260 g/mol. The van der Waals surface area contributed by atoms with Gasteiger partial charge in [0.2, 0.25) is 0 Å². The molecule has 1 aromatic carbocycles. The van der Waals surface area contributed by atoms with Crippen molar-refractivity contribution >= 4 is 6.08 Å². The zero-order valence-corrected chi connectivity index (χ0v) is 11.0. The van der Waals surface area contributed by atoms with Gasteiger partial charge < -0.3 is 25.2 Å². The molecule has 1 fully saturated rings. The fraction of sp³-hybridized carbons (Fsp3) is 0.467. The molecule has 0 bridgehead atoms. The molecular formula is C15H20O5. The smallest absolute Gasteiger partial charge is 0.111 e. The molecule has 0 radical (unpaired) electrons. The zero-order chi connectivity index (χ0) is 14.5. The van der Waals surface area contributed by atoms with E-state index in [2.05, 4.69) is 0 Å². The van der Waals surface area contributed by atoms with Crippen LogP contribution < -0.4 is 0 Å². The second-order valence-electron chi connectivity index (χ2n) is 4.92. The number of hydrogen-bond donors (Lipinski definition) is 4. The molecule has 1 saturated heterocycles. The van der Waals surface area contributed by atoms with E-state index in [4.69, 9.17) is 9.84 Å². The van der Waals surface area contributed by atoms with Crippen molar-refractivity contribution in [3.63, 3.8) is 0 Å². The third-order valence-corrected chi connectivity index (χ3v) is 3.47. The average molecular weight is 280 g/mol. The second-order valence-corrected chi connectivity index (χ2v) is 4.92. The molecule has 2 rings (SSSR count). The number of rotatable bonds is 4. The average Bonchev–Trinajstić information content (AvgIpc) is 2.48. The molecule has 4 N–H and O–H groups in total. The lowest BCUT2D eigenvalue weighted by atomic mass is 9.93. The van der Waals surface area contributed by atoms with Crippen molar-refractivity contribution in [3.05, 3.63) is 42.0 Å². The molecule has 5 nitrogen and oxygen atoms in total. The lowest BCUT2D eigenvalue weighted by molar-refractivity contribution is -0.227. The molecule has 1 aromatic rings. The Balaban J connectivity index is 1.96. The Hall–Kier alpha value is -1.24. The molecule has 0 spiro atoms. The van der Waals surface area contributed by atoms with Crippen LogP contribution in [0, 0.1) is 0 Å². The van der Waals surface area contributed by atoms with Crippen LogP contribution in [0.25, 0.3) is 6.08 Å². The summed E-state index contributed by atoms with van der Waals surface area (Å²) < 4.78 is 5.41. The topological polar surface area (TPSA) is 90.2 Å². The number of benzene rings is 1. The van der Waals surface area contributed by atoms with Crippen LogP contribution >= 0.6 is 0 Å². The summed E-state index contributed by atoms with van der Waals surface area (Å²) in [5.74, 6) is 0. The summed E-state index contributed by atoms with van der Waals surface area (Å²) in [6.07, 6.45) is -1.16. The number of ether oxygens (including phenoxy) is 1. The highest BCUT2D eigenvalue weighted by Gasteiger charge is 2.42. The molecule has 1 heterocycles. The first kappa shape index (κ1) is 15.2. The van der Waals surface area contributed by atoms with Crippen molar-refractivity contribution in [2.45, 2.75) is 36.9 Å². The van der Waals surface area contributed by atoms with Crippen LogP contribution in [-0.2, 0) is 4.74 Å². The van der Waals surface area contributed by atoms with Crippen LogP contribution in [0.1, 0.15) is 12.0 Å². The molecule has 5 heteroatoms. The molecule has 0 aliphatic carbocycles. The van der Waals surface area contributed by atoms with Gasteiger partial charge in [-0.1, -0.05) is 42.5 Å². The van der Waals surface area contributed by atoms with E-state index in [9.17, 15) is 15.3 Å². The van der Waals surface area contributed by atoms with Gasteiger partial charge in [0.05, 0.1) is 12.7 Å². The highest BCUT2D eigenvalue weighted by molar-refractivity contribution is 5.48. The number of aliphatic hydroxyl groups is 4. The van der Waals surface area contributed by atoms with Gasteiger partial charge in [-0.25, -0.2) is 0 Å². The number of aliphatic hydroxyl groups excluding tert-OH is 4. The minimum atomic E-state index is -1.31. The fourth-order valence-corrected chi connectivity index (χ4v) is 2.28. The summed E-state index contributed by atoms with van der Waals surface area (Å²) in [5.41, 5.74) is 1.03. The Labute approximate surface area is 117 Å². The van der Waals surface area contributed by atoms with Gasteiger partial charge in [0.1, 0.15) is 24.4 Å². The largest absolute Gasteiger partial charge is 0.394 e. The van der Waals surface area contributed by atoms with Crippen molar-refractivity contribution in [2.75, 3.05) is 6.61 Å². The van der Waals surface area contributed by atoms with E-state index < -0.39 is 37.1 Å². The minimum absolute atomic E-state index is 0.385. The molecule has 110 valence electrons. The molecule has 20 heavy (non-hydrogen) atoms. The number of hydrogen-bond acceptors (Lipinski definition) is 5. The zero-order valence-electron chi connectivity index (χ0n) is 11.0. The Morgan fingerprint density at radius 3 is 2.25 bits per heavy atom. The molecule has 0 amide bonds. The monoisotopic (exact) mass is 280 g/mol. The van der Waals surface area contributed by atoms with Crippen molar-refractivity contribution in [2.24, 2.45) is 0 Å². The van der Waals surface area contributed by atoms with E-state index in [1.165, 1.54) is 0 Å². The normalized spacial score (nSPS) is 34.5. The van der Waals surface area contributed by atoms with Crippen LogP contribution in [-0.4, -0.2) is 57.6 Å². The van der Waals surface area contributed by atoms with E-state index in [0.717, 1.165) is 5.56 Å². The van der Waals surface area contributed by atoms with Gasteiger partial charge in [-0.3, -0.25) is 0 Å². The van der Waals surface area contributed by atoms with Gasteiger partial charge in [0.25, 0.3) is 0 Å². The Morgan fingerprint density at radius 2 is 1.60 bits per heavy atom. The third kappa shape index (κ3) is 3.45. The van der Waals surface area contributed by atoms with Gasteiger partial charge in [0, 0.05) is 0 Å². The maximum atomic E-state index is 9.87. The quantitative estimate of drug-likeness (QED) is 0.620. The van der Waals surface area contributed by atoms with Gasteiger partial charge in [-0.2, -0.15) is 0 Å². The van der Waals surface area contributed by atoms with Crippen molar-refractivity contribution in [3.8, 4) is 0 Å². The van der Waals surface area contributed by atoms with Crippen LogP contribution in [0.3, 0.4) is 0 Å². The first-order valence-corrected chi connectivity index (χ1v) is 6.65. The Morgan fingerprint density at radius 1 is 0.950 bits per heavy atom. The second kappa shape index (κ2) is 6.97. The standard InChI is InChI=1S/C15H20O5/c16-9-12-14(18)15(19)13(17)11(20-12)8-4-7-10-5-2-1-3-6-10/h1-7,11-19H,8-9H2/b7-4+/t11-,12+,13-,14-,15+/m0/s1. The first-order chi connectivity index (χ1) is 9.63. The summed E-state index contributed by atoms with van der Waals surface area (Å²) in [7, 11) is 0. The van der Waals surface area contributed by atoms with Gasteiger partial charge in [-0.15, -0.1) is 0 Å².